The molecule has 0 radical (unpaired) electrons. The summed E-state index contributed by atoms with van der Waals surface area (Å²) in [5.41, 5.74) is -1.07. The fourth-order valence-corrected chi connectivity index (χ4v) is 0.715. The molecule has 0 aromatic heterocycles. The molecule has 0 saturated carbocycles. The average molecular weight is 170 g/mol. The van der Waals surface area contributed by atoms with Gasteiger partial charge in [0, 0.05) is 0 Å². The first-order valence-corrected chi connectivity index (χ1v) is 3.72. The van der Waals surface area contributed by atoms with Crippen molar-refractivity contribution in [2.75, 3.05) is 7.11 Å². The normalized spacial score (nSPS) is 11.7. The standard InChI is InChI=1S/C9H14O3/c1-5-6-7(10)9(2,3)8(11)12-4/h5-6H,1-4H3. The highest BCUT2D eigenvalue weighted by atomic mass is 16.5. The van der Waals surface area contributed by atoms with Crippen molar-refractivity contribution in [2.24, 2.45) is 5.41 Å². The van der Waals surface area contributed by atoms with Gasteiger partial charge in [-0.2, -0.15) is 0 Å². The molecule has 0 aromatic carbocycles. The van der Waals surface area contributed by atoms with Gasteiger partial charge in [-0.15, -0.1) is 0 Å². The lowest BCUT2D eigenvalue weighted by Gasteiger charge is -2.17. The molecule has 0 fully saturated rings. The van der Waals surface area contributed by atoms with E-state index in [2.05, 4.69) is 4.74 Å². The highest BCUT2D eigenvalue weighted by molar-refractivity contribution is 6.08. The van der Waals surface area contributed by atoms with Crippen LogP contribution in [0.15, 0.2) is 12.2 Å². The van der Waals surface area contributed by atoms with E-state index >= 15 is 0 Å². The van der Waals surface area contributed by atoms with E-state index in [1.165, 1.54) is 13.2 Å². The van der Waals surface area contributed by atoms with Crippen LogP contribution in [0.25, 0.3) is 0 Å². The van der Waals surface area contributed by atoms with E-state index in [0.717, 1.165) is 0 Å². The summed E-state index contributed by atoms with van der Waals surface area (Å²) in [4.78, 5) is 22.4. The van der Waals surface area contributed by atoms with E-state index in [9.17, 15) is 9.59 Å². The summed E-state index contributed by atoms with van der Waals surface area (Å²) in [6, 6.07) is 0. The highest BCUT2D eigenvalue weighted by Gasteiger charge is 2.34. The largest absolute Gasteiger partial charge is 0.468 e. The molecule has 0 bridgehead atoms. The topological polar surface area (TPSA) is 43.4 Å². The Morgan fingerprint density at radius 2 is 1.83 bits per heavy atom. The minimum atomic E-state index is -1.07. The number of esters is 1. The number of methoxy groups -OCH3 is 1. The highest BCUT2D eigenvalue weighted by Crippen LogP contribution is 2.18. The lowest BCUT2D eigenvalue weighted by atomic mass is 9.88. The van der Waals surface area contributed by atoms with Crippen molar-refractivity contribution in [2.45, 2.75) is 20.8 Å². The number of hydrogen-bond donors (Lipinski definition) is 0. The summed E-state index contributed by atoms with van der Waals surface area (Å²) in [6.07, 6.45) is 2.98. The van der Waals surface area contributed by atoms with Crippen molar-refractivity contribution in [1.29, 1.82) is 0 Å². The molecule has 0 rings (SSSR count). The van der Waals surface area contributed by atoms with Crippen LogP contribution in [0, 0.1) is 5.41 Å². The van der Waals surface area contributed by atoms with E-state index in [1.807, 2.05) is 0 Å². The Morgan fingerprint density at radius 1 is 1.33 bits per heavy atom. The minimum absolute atomic E-state index is 0.239. The Balaban J connectivity index is 4.60. The van der Waals surface area contributed by atoms with Gasteiger partial charge in [0.2, 0.25) is 0 Å². The van der Waals surface area contributed by atoms with E-state index < -0.39 is 11.4 Å². The van der Waals surface area contributed by atoms with Crippen molar-refractivity contribution in [3.63, 3.8) is 0 Å². The van der Waals surface area contributed by atoms with Gasteiger partial charge in [-0.05, 0) is 26.8 Å². The van der Waals surface area contributed by atoms with Gasteiger partial charge in [-0.1, -0.05) is 6.08 Å². The summed E-state index contributed by atoms with van der Waals surface area (Å²) >= 11 is 0. The third-order valence-electron chi connectivity index (χ3n) is 1.63. The summed E-state index contributed by atoms with van der Waals surface area (Å²) < 4.78 is 4.49. The van der Waals surface area contributed by atoms with Crippen LogP contribution in [0.4, 0.5) is 0 Å². The Labute approximate surface area is 72.4 Å². The third-order valence-corrected chi connectivity index (χ3v) is 1.63. The minimum Gasteiger partial charge on any atom is -0.468 e. The van der Waals surface area contributed by atoms with Crippen molar-refractivity contribution < 1.29 is 14.3 Å². The van der Waals surface area contributed by atoms with Crippen molar-refractivity contribution in [1.82, 2.24) is 0 Å². The zero-order valence-corrected chi connectivity index (χ0v) is 7.88. The second kappa shape index (κ2) is 4.04. The molecule has 0 aliphatic carbocycles. The number of allylic oxidation sites excluding steroid dienone is 2. The molecule has 0 aromatic rings. The van der Waals surface area contributed by atoms with Crippen LogP contribution in [0.5, 0.6) is 0 Å². The Kier molecular flexibility index (Phi) is 3.67. The molecule has 0 aliphatic rings. The van der Waals surface area contributed by atoms with Crippen LogP contribution in [-0.2, 0) is 14.3 Å². The van der Waals surface area contributed by atoms with Gasteiger partial charge in [0.25, 0.3) is 0 Å². The van der Waals surface area contributed by atoms with Crippen molar-refractivity contribution in [3.8, 4) is 0 Å². The van der Waals surface area contributed by atoms with Gasteiger partial charge in [-0.3, -0.25) is 9.59 Å². The molecule has 0 spiro atoms. The Morgan fingerprint density at radius 3 is 2.17 bits per heavy atom. The molecular formula is C9H14O3. The molecule has 12 heavy (non-hydrogen) atoms. The van der Waals surface area contributed by atoms with Crippen LogP contribution in [0.3, 0.4) is 0 Å². The Hall–Kier alpha value is -1.12. The molecule has 3 heteroatoms. The number of rotatable bonds is 3. The first-order chi connectivity index (χ1) is 5.46. The van der Waals surface area contributed by atoms with Crippen LogP contribution in [0.2, 0.25) is 0 Å². The smallest absolute Gasteiger partial charge is 0.319 e. The number of ether oxygens (including phenoxy) is 1. The monoisotopic (exact) mass is 170 g/mol. The van der Waals surface area contributed by atoms with Gasteiger partial charge < -0.3 is 4.74 Å². The zero-order chi connectivity index (χ0) is 9.78. The molecule has 0 saturated heterocycles. The van der Waals surface area contributed by atoms with Crippen LogP contribution < -0.4 is 0 Å². The molecular weight excluding hydrogens is 156 g/mol. The molecule has 0 N–H and O–H groups in total. The average Bonchev–Trinajstić information content (AvgIpc) is 2.03. The molecule has 0 amide bonds. The molecule has 68 valence electrons. The first kappa shape index (κ1) is 10.9. The summed E-state index contributed by atoms with van der Waals surface area (Å²) in [6.45, 7) is 4.81. The maximum absolute atomic E-state index is 11.3. The maximum atomic E-state index is 11.3. The molecule has 0 unspecified atom stereocenters. The molecule has 0 aliphatic heterocycles. The van der Waals surface area contributed by atoms with Gasteiger partial charge in [-0.25, -0.2) is 0 Å². The second-order valence-corrected chi connectivity index (χ2v) is 2.98. The molecule has 0 heterocycles. The maximum Gasteiger partial charge on any atom is 0.319 e. The summed E-state index contributed by atoms with van der Waals surface area (Å²) in [5.74, 6) is -0.748. The second-order valence-electron chi connectivity index (χ2n) is 2.98. The van der Waals surface area contributed by atoms with Crippen LogP contribution in [-0.4, -0.2) is 18.9 Å². The first-order valence-electron chi connectivity index (χ1n) is 3.72. The fourth-order valence-electron chi connectivity index (χ4n) is 0.715. The lowest BCUT2D eigenvalue weighted by molar-refractivity contribution is -0.154. The van der Waals surface area contributed by atoms with Crippen molar-refractivity contribution >= 4 is 11.8 Å². The number of ketones is 1. The lowest BCUT2D eigenvalue weighted by Crippen LogP contribution is -2.33. The Bertz CT molecular complexity index is 214. The summed E-state index contributed by atoms with van der Waals surface area (Å²) in [5, 5.41) is 0. The van der Waals surface area contributed by atoms with Gasteiger partial charge in [0.15, 0.2) is 5.78 Å². The van der Waals surface area contributed by atoms with E-state index in [1.54, 1.807) is 26.8 Å². The van der Waals surface area contributed by atoms with E-state index in [-0.39, 0.29) is 5.78 Å². The quantitative estimate of drug-likeness (QED) is 0.364. The van der Waals surface area contributed by atoms with Crippen LogP contribution >= 0.6 is 0 Å². The predicted molar refractivity (Wildman–Crippen MR) is 45.6 cm³/mol. The number of carbonyl (C=O) groups is 2. The van der Waals surface area contributed by atoms with Gasteiger partial charge >= 0.3 is 5.97 Å². The van der Waals surface area contributed by atoms with Gasteiger partial charge in [0.1, 0.15) is 5.41 Å². The number of hydrogen-bond acceptors (Lipinski definition) is 3. The fraction of sp³-hybridized carbons (Fsp3) is 0.556. The molecule has 0 atom stereocenters. The van der Waals surface area contributed by atoms with Crippen LogP contribution in [0.1, 0.15) is 20.8 Å². The third kappa shape index (κ3) is 2.19. The van der Waals surface area contributed by atoms with E-state index in [0.29, 0.717) is 0 Å². The van der Waals surface area contributed by atoms with Gasteiger partial charge in [0.05, 0.1) is 7.11 Å². The predicted octanol–water partition coefficient (Wildman–Crippen LogP) is 1.33. The van der Waals surface area contributed by atoms with Crippen molar-refractivity contribution in [3.05, 3.63) is 12.2 Å². The van der Waals surface area contributed by atoms with E-state index in [4.69, 9.17) is 0 Å². The SMILES string of the molecule is CC=CC(=O)C(C)(C)C(=O)OC. The number of carbonyl (C=O) groups excluding carboxylic acids is 2. The zero-order valence-electron chi connectivity index (χ0n) is 7.88. The molecule has 3 nitrogen and oxygen atoms in total. The summed E-state index contributed by atoms with van der Waals surface area (Å²) in [7, 11) is 1.27.